The lowest BCUT2D eigenvalue weighted by atomic mass is 9.73. The molecule has 0 unspecified atom stereocenters. The number of hydrogen-bond acceptors (Lipinski definition) is 3. The van der Waals surface area contributed by atoms with Crippen molar-refractivity contribution < 1.29 is 14.3 Å². The monoisotopic (exact) mass is 277 g/mol. The second kappa shape index (κ2) is 5.24. The summed E-state index contributed by atoms with van der Waals surface area (Å²) >= 11 is 0. The number of carbonyl (C=O) groups is 1. The molecule has 2 aliphatic carbocycles. The Morgan fingerprint density at radius 1 is 1.55 bits per heavy atom. The molecule has 2 saturated carbocycles. The van der Waals surface area contributed by atoms with Crippen LogP contribution in [-0.4, -0.2) is 23.7 Å². The molecule has 2 aliphatic rings. The van der Waals surface area contributed by atoms with E-state index in [0.717, 1.165) is 37.9 Å². The third kappa shape index (κ3) is 2.62. The maximum Gasteiger partial charge on any atom is 0.223 e. The maximum absolute atomic E-state index is 12.2. The van der Waals surface area contributed by atoms with Crippen molar-refractivity contribution in [3.05, 3.63) is 24.2 Å². The summed E-state index contributed by atoms with van der Waals surface area (Å²) < 4.78 is 5.35. The molecule has 4 nitrogen and oxygen atoms in total. The third-order valence-corrected chi connectivity index (χ3v) is 4.98. The van der Waals surface area contributed by atoms with Crippen molar-refractivity contribution in [1.82, 2.24) is 5.32 Å². The normalized spacial score (nSPS) is 36.6. The van der Waals surface area contributed by atoms with Gasteiger partial charge in [-0.1, -0.05) is 19.8 Å². The Kier molecular flexibility index (Phi) is 3.59. The lowest BCUT2D eigenvalue weighted by molar-refractivity contribution is -0.123. The third-order valence-electron chi connectivity index (χ3n) is 4.98. The molecule has 0 aromatic carbocycles. The summed E-state index contributed by atoms with van der Waals surface area (Å²) in [7, 11) is 0. The molecule has 20 heavy (non-hydrogen) atoms. The Morgan fingerprint density at radius 3 is 3.10 bits per heavy atom. The summed E-state index contributed by atoms with van der Waals surface area (Å²) in [5.41, 5.74) is -0.164. The highest BCUT2D eigenvalue weighted by atomic mass is 16.3. The van der Waals surface area contributed by atoms with Gasteiger partial charge in [0.2, 0.25) is 5.91 Å². The van der Waals surface area contributed by atoms with Crippen molar-refractivity contribution in [1.29, 1.82) is 0 Å². The smallest absolute Gasteiger partial charge is 0.223 e. The first-order chi connectivity index (χ1) is 9.60. The molecule has 0 spiro atoms. The molecule has 0 aliphatic heterocycles. The molecule has 0 radical (unpaired) electrons. The molecular weight excluding hydrogens is 254 g/mol. The lowest BCUT2D eigenvalue weighted by Gasteiger charge is -2.38. The van der Waals surface area contributed by atoms with Gasteiger partial charge >= 0.3 is 0 Å². The van der Waals surface area contributed by atoms with Crippen LogP contribution in [0.1, 0.15) is 50.7 Å². The van der Waals surface area contributed by atoms with E-state index in [1.54, 1.807) is 6.26 Å². The highest BCUT2D eigenvalue weighted by molar-refractivity contribution is 5.82. The van der Waals surface area contributed by atoms with Crippen molar-refractivity contribution in [2.75, 3.05) is 6.54 Å². The molecule has 1 aromatic heterocycles. The summed E-state index contributed by atoms with van der Waals surface area (Å²) in [5.74, 6) is 1.30. The fourth-order valence-corrected chi connectivity index (χ4v) is 3.31. The number of aliphatic hydroxyl groups excluding tert-OH is 1. The highest BCUT2D eigenvalue weighted by Crippen LogP contribution is 2.47. The molecule has 2 N–H and O–H groups in total. The molecule has 1 aromatic rings. The number of rotatable bonds is 4. The first-order valence-corrected chi connectivity index (χ1v) is 7.59. The van der Waals surface area contributed by atoms with E-state index < -0.39 is 0 Å². The van der Waals surface area contributed by atoms with Crippen LogP contribution in [0.25, 0.3) is 0 Å². The summed E-state index contributed by atoms with van der Waals surface area (Å²) in [6, 6.07) is 3.80. The largest absolute Gasteiger partial charge is 0.469 e. The van der Waals surface area contributed by atoms with Gasteiger partial charge in [-0.2, -0.15) is 0 Å². The van der Waals surface area contributed by atoms with Gasteiger partial charge in [0.1, 0.15) is 5.76 Å². The number of furan rings is 1. The Morgan fingerprint density at radius 2 is 2.40 bits per heavy atom. The van der Waals surface area contributed by atoms with Crippen LogP contribution in [0.2, 0.25) is 0 Å². The SMILES string of the molecule is C[C@]1(CNC(=O)[C@@H]2C[C@H]2c2ccco2)CCCC[C@H]1O. The van der Waals surface area contributed by atoms with Gasteiger partial charge in [0.25, 0.3) is 0 Å². The molecule has 1 amide bonds. The molecule has 4 heteroatoms. The number of aliphatic hydroxyl groups is 1. The van der Waals surface area contributed by atoms with Gasteiger partial charge in [0.05, 0.1) is 12.4 Å². The van der Waals surface area contributed by atoms with Gasteiger partial charge in [-0.15, -0.1) is 0 Å². The Hall–Kier alpha value is -1.29. The van der Waals surface area contributed by atoms with Crippen LogP contribution < -0.4 is 5.32 Å². The number of hydrogen-bond donors (Lipinski definition) is 2. The Balaban J connectivity index is 1.51. The van der Waals surface area contributed by atoms with Crippen LogP contribution in [0.4, 0.5) is 0 Å². The van der Waals surface area contributed by atoms with Gasteiger partial charge in [-0.25, -0.2) is 0 Å². The fraction of sp³-hybridized carbons (Fsp3) is 0.688. The van der Waals surface area contributed by atoms with E-state index in [0.29, 0.717) is 6.54 Å². The average molecular weight is 277 g/mol. The van der Waals surface area contributed by atoms with Crippen molar-refractivity contribution in [3.8, 4) is 0 Å². The van der Waals surface area contributed by atoms with E-state index in [2.05, 4.69) is 12.2 Å². The van der Waals surface area contributed by atoms with Crippen LogP contribution in [0.3, 0.4) is 0 Å². The van der Waals surface area contributed by atoms with E-state index in [1.165, 1.54) is 0 Å². The van der Waals surface area contributed by atoms with E-state index in [9.17, 15) is 9.90 Å². The summed E-state index contributed by atoms with van der Waals surface area (Å²) in [6.45, 7) is 2.66. The van der Waals surface area contributed by atoms with E-state index in [4.69, 9.17) is 4.42 Å². The van der Waals surface area contributed by atoms with Gasteiger partial charge in [0.15, 0.2) is 0 Å². The highest BCUT2D eigenvalue weighted by Gasteiger charge is 2.46. The number of amides is 1. The van der Waals surface area contributed by atoms with Crippen LogP contribution in [-0.2, 0) is 4.79 Å². The second-order valence-corrected chi connectivity index (χ2v) is 6.60. The summed E-state index contributed by atoms with van der Waals surface area (Å²) in [5, 5.41) is 13.2. The predicted octanol–water partition coefficient (Wildman–Crippen LogP) is 2.44. The van der Waals surface area contributed by atoms with Gasteiger partial charge in [-0.3, -0.25) is 4.79 Å². The van der Waals surface area contributed by atoms with E-state index in [-0.39, 0.29) is 29.3 Å². The minimum atomic E-state index is -0.295. The maximum atomic E-state index is 12.2. The quantitative estimate of drug-likeness (QED) is 0.888. The minimum absolute atomic E-state index is 0.0467. The molecule has 2 fully saturated rings. The summed E-state index contributed by atoms with van der Waals surface area (Å²) in [4.78, 5) is 12.2. The molecule has 3 rings (SSSR count). The van der Waals surface area contributed by atoms with Gasteiger partial charge in [0, 0.05) is 23.8 Å². The van der Waals surface area contributed by atoms with Gasteiger partial charge < -0.3 is 14.8 Å². The molecule has 110 valence electrons. The number of carbonyl (C=O) groups excluding carboxylic acids is 1. The molecule has 1 heterocycles. The van der Waals surface area contributed by atoms with Crippen molar-refractivity contribution in [2.24, 2.45) is 11.3 Å². The fourth-order valence-electron chi connectivity index (χ4n) is 3.31. The molecule has 0 saturated heterocycles. The van der Waals surface area contributed by atoms with E-state index >= 15 is 0 Å². The van der Waals surface area contributed by atoms with E-state index in [1.807, 2.05) is 12.1 Å². The topological polar surface area (TPSA) is 62.5 Å². The first kappa shape index (κ1) is 13.7. The van der Waals surface area contributed by atoms with Crippen LogP contribution in [0.5, 0.6) is 0 Å². The minimum Gasteiger partial charge on any atom is -0.469 e. The zero-order valence-electron chi connectivity index (χ0n) is 12.0. The zero-order chi connectivity index (χ0) is 14.2. The summed E-state index contributed by atoms with van der Waals surface area (Å²) in [6.07, 6.45) is 6.30. The van der Waals surface area contributed by atoms with Crippen LogP contribution in [0.15, 0.2) is 22.8 Å². The molecule has 0 bridgehead atoms. The van der Waals surface area contributed by atoms with Gasteiger partial charge in [-0.05, 0) is 31.4 Å². The Bertz CT molecular complexity index is 470. The van der Waals surface area contributed by atoms with Crippen molar-refractivity contribution >= 4 is 5.91 Å². The lowest BCUT2D eigenvalue weighted by Crippen LogP contribution is -2.45. The Labute approximate surface area is 119 Å². The van der Waals surface area contributed by atoms with Crippen molar-refractivity contribution in [3.63, 3.8) is 0 Å². The molecule has 4 atom stereocenters. The predicted molar refractivity (Wildman–Crippen MR) is 75.1 cm³/mol. The van der Waals surface area contributed by atoms with Crippen LogP contribution in [0, 0.1) is 11.3 Å². The first-order valence-electron chi connectivity index (χ1n) is 7.59. The average Bonchev–Trinajstić information content (AvgIpc) is 3.06. The number of nitrogens with one attached hydrogen (secondary N) is 1. The zero-order valence-corrected chi connectivity index (χ0v) is 12.0. The standard InChI is InChI=1S/C16H23NO3/c1-16(7-3-2-6-14(16)18)10-17-15(19)12-9-11(12)13-5-4-8-20-13/h4-5,8,11-12,14,18H,2-3,6-7,9-10H2,1H3,(H,17,19)/t11-,12-,14-,16-/m1/s1. The second-order valence-electron chi connectivity index (χ2n) is 6.60. The molecular formula is C16H23NO3. The van der Waals surface area contributed by atoms with Crippen molar-refractivity contribution in [2.45, 2.75) is 51.0 Å². The van der Waals surface area contributed by atoms with Crippen LogP contribution >= 0.6 is 0 Å².